The molecule has 5 N–H and O–H groups in total. The zero-order valence-corrected chi connectivity index (χ0v) is 20.7. The van der Waals surface area contributed by atoms with E-state index < -0.39 is 80.4 Å². The minimum atomic E-state index is -4.70. The predicted molar refractivity (Wildman–Crippen MR) is 123 cm³/mol. The minimum Gasteiger partial charge on any atom is -0.390 e. The van der Waals surface area contributed by atoms with E-state index in [9.17, 15) is 38.8 Å². The van der Waals surface area contributed by atoms with Crippen molar-refractivity contribution in [3.8, 4) is 0 Å². The second-order valence-corrected chi connectivity index (χ2v) is 10.3. The minimum absolute atomic E-state index is 0.0386. The van der Waals surface area contributed by atoms with E-state index in [-0.39, 0.29) is 24.0 Å². The molecule has 0 amide bonds. The van der Waals surface area contributed by atoms with Gasteiger partial charge in [0.1, 0.15) is 24.7 Å². The number of H-pyrrole nitrogens is 2. The number of phosphoric acid groups is 1. The van der Waals surface area contributed by atoms with E-state index in [0.717, 1.165) is 9.13 Å². The maximum absolute atomic E-state index is 12.4. The average Bonchev–Trinajstić information content (AvgIpc) is 3.38. The van der Waals surface area contributed by atoms with Gasteiger partial charge in [-0.25, -0.2) is 14.2 Å². The summed E-state index contributed by atoms with van der Waals surface area (Å²) in [5, 5.41) is 20.5. The average molecular weight is 546 g/mol. The lowest BCUT2D eigenvalue weighted by atomic mass is 10.2. The Kier molecular flexibility index (Phi) is 7.83. The Balaban J connectivity index is 1.31. The Bertz CT molecular complexity index is 1330. The van der Waals surface area contributed by atoms with Gasteiger partial charge in [0.15, 0.2) is 0 Å². The monoisotopic (exact) mass is 546 g/mol. The molecule has 0 bridgehead atoms. The van der Waals surface area contributed by atoms with Gasteiger partial charge in [-0.3, -0.25) is 37.7 Å². The first kappa shape index (κ1) is 27.3. The molecule has 0 saturated carbocycles. The second-order valence-electron chi connectivity index (χ2n) is 8.88. The number of ether oxygens (including phenoxy) is 2. The third-order valence-corrected chi connectivity index (χ3v) is 7.08. The topological polar surface area (TPSA) is 224 Å². The third-order valence-electron chi connectivity index (χ3n) is 6.12. The molecule has 37 heavy (non-hydrogen) atoms. The number of nitrogens with one attached hydrogen (secondary N) is 2. The molecule has 4 heterocycles. The van der Waals surface area contributed by atoms with Crippen LogP contribution in [0.3, 0.4) is 0 Å². The molecule has 16 nitrogen and oxygen atoms in total. The zero-order chi connectivity index (χ0) is 27.1. The molecule has 0 aliphatic carbocycles. The molecule has 2 aromatic rings. The van der Waals surface area contributed by atoms with Crippen molar-refractivity contribution in [1.29, 1.82) is 0 Å². The van der Waals surface area contributed by atoms with Crippen LogP contribution in [0, 0.1) is 13.8 Å². The number of aromatic amines is 2. The third kappa shape index (κ3) is 6.08. The van der Waals surface area contributed by atoms with Crippen molar-refractivity contribution in [3.05, 3.63) is 65.2 Å². The molecule has 2 aliphatic heterocycles. The lowest BCUT2D eigenvalue weighted by Crippen LogP contribution is -2.33. The Morgan fingerprint density at radius 2 is 1.24 bits per heavy atom. The Morgan fingerprint density at radius 3 is 1.62 bits per heavy atom. The molecule has 0 aromatic carbocycles. The highest BCUT2D eigenvalue weighted by Crippen LogP contribution is 2.45. The summed E-state index contributed by atoms with van der Waals surface area (Å²) < 4.78 is 35.5. The summed E-state index contributed by atoms with van der Waals surface area (Å²) in [5.74, 6) is 0. The molecule has 2 aromatic heterocycles. The number of hydrogen-bond donors (Lipinski definition) is 5. The molecule has 2 saturated heterocycles. The second kappa shape index (κ2) is 10.6. The van der Waals surface area contributed by atoms with Crippen molar-refractivity contribution < 1.29 is 38.2 Å². The van der Waals surface area contributed by atoms with Gasteiger partial charge in [-0.15, -0.1) is 0 Å². The Labute approximate surface area is 207 Å². The summed E-state index contributed by atoms with van der Waals surface area (Å²) >= 11 is 0. The van der Waals surface area contributed by atoms with E-state index in [2.05, 4.69) is 9.97 Å². The van der Waals surface area contributed by atoms with Crippen LogP contribution < -0.4 is 22.5 Å². The number of aliphatic hydroxyl groups is 2. The molecular weight excluding hydrogens is 519 g/mol. The maximum atomic E-state index is 12.4. The molecule has 0 radical (unpaired) electrons. The van der Waals surface area contributed by atoms with Gasteiger partial charge >= 0.3 is 19.2 Å². The fourth-order valence-corrected chi connectivity index (χ4v) is 4.79. The summed E-state index contributed by atoms with van der Waals surface area (Å²) in [6.45, 7) is 1.86. The number of aromatic nitrogens is 4. The van der Waals surface area contributed by atoms with E-state index >= 15 is 0 Å². The predicted octanol–water partition coefficient (Wildman–Crippen LogP) is -1.87. The quantitative estimate of drug-likeness (QED) is 0.230. The molecule has 2 fully saturated rings. The molecule has 204 valence electrons. The summed E-state index contributed by atoms with van der Waals surface area (Å²) in [5.41, 5.74) is -2.07. The highest BCUT2D eigenvalue weighted by atomic mass is 31.2. The van der Waals surface area contributed by atoms with Crippen molar-refractivity contribution in [3.63, 3.8) is 0 Å². The highest BCUT2D eigenvalue weighted by Gasteiger charge is 2.40. The number of phosphoric ester groups is 1. The summed E-state index contributed by atoms with van der Waals surface area (Å²) in [4.78, 5) is 61.5. The van der Waals surface area contributed by atoms with Crippen LogP contribution in [-0.2, 0) is 23.1 Å². The molecule has 17 heteroatoms. The Hall–Kier alpha value is -2.69. The fraction of sp³-hybridized carbons (Fsp3) is 0.600. The standard InChI is InChI=1S/C20H27N4O12P/c1-9-5-23(19(29)21-17(9)27)15-3-11(25)13(35-15)7-33-37(31,32)34-8-14-12(26)4-16(36-14)24-6-10(2)18(28)22-20(24)30/h5-6,11-16,25-26H,3-4,7-8H2,1-2H3,(H,31,32)(H,21,27,29)(H,22,28,30)/t11?,12?,13-,14-,15-,16-/m1/s1. The molecule has 4 rings (SSSR count). The largest absolute Gasteiger partial charge is 0.472 e. The lowest BCUT2D eigenvalue weighted by molar-refractivity contribution is -0.0582. The van der Waals surface area contributed by atoms with Gasteiger partial charge in [0.25, 0.3) is 11.1 Å². The first-order valence-electron chi connectivity index (χ1n) is 11.3. The van der Waals surface area contributed by atoms with Crippen molar-refractivity contribution in [2.24, 2.45) is 0 Å². The van der Waals surface area contributed by atoms with E-state index in [0.29, 0.717) is 0 Å². The van der Waals surface area contributed by atoms with E-state index in [1.807, 2.05) is 0 Å². The first-order chi connectivity index (χ1) is 17.3. The number of aryl methyl sites for hydroxylation is 2. The molecule has 0 spiro atoms. The number of nitrogens with zero attached hydrogens (tertiary/aromatic N) is 2. The maximum Gasteiger partial charge on any atom is 0.472 e. The van der Waals surface area contributed by atoms with Gasteiger partial charge in [0.2, 0.25) is 0 Å². The number of rotatable bonds is 8. The van der Waals surface area contributed by atoms with Crippen LogP contribution in [0.4, 0.5) is 0 Å². The summed E-state index contributed by atoms with van der Waals surface area (Å²) in [6.07, 6.45) is -3.86. The molecule has 2 unspecified atom stereocenters. The van der Waals surface area contributed by atoms with Crippen LogP contribution in [0.1, 0.15) is 36.4 Å². The number of hydrogen-bond acceptors (Lipinski definition) is 11. The van der Waals surface area contributed by atoms with Crippen molar-refractivity contribution in [2.45, 2.75) is 63.6 Å². The molecule has 2 aliphatic rings. The SMILES string of the molecule is Cc1cn([C@H]2CC(O)[C@@H](COP(=O)(O)OC[C@H]3O[C@@H](n4cc(C)c(=O)[nH]c4=O)CC3O)O2)c(=O)[nH]c1=O. The van der Waals surface area contributed by atoms with Crippen molar-refractivity contribution >= 4 is 7.82 Å². The van der Waals surface area contributed by atoms with Crippen LogP contribution >= 0.6 is 7.82 Å². The van der Waals surface area contributed by atoms with Gasteiger partial charge in [-0.2, -0.15) is 0 Å². The molecule has 6 atom stereocenters. The van der Waals surface area contributed by atoms with Crippen molar-refractivity contribution in [2.75, 3.05) is 13.2 Å². The van der Waals surface area contributed by atoms with Crippen molar-refractivity contribution in [1.82, 2.24) is 19.1 Å². The molecular formula is C20H27N4O12P. The van der Waals surface area contributed by atoms with Crippen LogP contribution in [0.5, 0.6) is 0 Å². The normalized spacial score (nSPS) is 29.4. The van der Waals surface area contributed by atoms with Gasteiger partial charge in [-0.05, 0) is 13.8 Å². The number of aliphatic hydroxyl groups excluding tert-OH is 2. The van der Waals surface area contributed by atoms with E-state index in [1.165, 1.54) is 26.2 Å². The summed E-state index contributed by atoms with van der Waals surface area (Å²) in [7, 11) is -4.70. The van der Waals surface area contributed by atoms with Gasteiger partial charge in [0, 0.05) is 36.4 Å². The van der Waals surface area contributed by atoms with Crippen LogP contribution in [0.2, 0.25) is 0 Å². The van der Waals surface area contributed by atoms with Gasteiger partial charge in [0.05, 0.1) is 25.4 Å². The van der Waals surface area contributed by atoms with Gasteiger partial charge in [-0.1, -0.05) is 0 Å². The van der Waals surface area contributed by atoms with Crippen LogP contribution in [0.25, 0.3) is 0 Å². The summed E-state index contributed by atoms with van der Waals surface area (Å²) in [6, 6.07) is 0. The Morgan fingerprint density at radius 1 is 0.865 bits per heavy atom. The highest BCUT2D eigenvalue weighted by molar-refractivity contribution is 7.47. The lowest BCUT2D eigenvalue weighted by Gasteiger charge is -2.20. The van der Waals surface area contributed by atoms with E-state index in [4.69, 9.17) is 18.5 Å². The smallest absolute Gasteiger partial charge is 0.390 e. The zero-order valence-electron chi connectivity index (χ0n) is 19.8. The van der Waals surface area contributed by atoms with E-state index in [1.54, 1.807) is 0 Å². The fourth-order valence-electron chi connectivity index (χ4n) is 4.04. The van der Waals surface area contributed by atoms with Crippen LogP contribution in [0.15, 0.2) is 31.6 Å². The van der Waals surface area contributed by atoms with Crippen LogP contribution in [-0.4, -0.2) is 71.8 Å². The van der Waals surface area contributed by atoms with Gasteiger partial charge < -0.3 is 24.6 Å². The first-order valence-corrected chi connectivity index (χ1v) is 12.8.